The molecule has 0 radical (unpaired) electrons. The lowest BCUT2D eigenvalue weighted by Gasteiger charge is -2.24. The van der Waals surface area contributed by atoms with E-state index in [-0.39, 0.29) is 0 Å². The Balaban J connectivity index is 2.32. The van der Waals surface area contributed by atoms with Gasteiger partial charge in [0.1, 0.15) is 0 Å². The summed E-state index contributed by atoms with van der Waals surface area (Å²) in [6, 6.07) is 8.61. The molecule has 2 heteroatoms. The van der Waals surface area contributed by atoms with Crippen molar-refractivity contribution in [1.82, 2.24) is 0 Å². The Labute approximate surface area is 95.5 Å². The summed E-state index contributed by atoms with van der Waals surface area (Å²) < 4.78 is 0. The molecule has 1 heterocycles. The van der Waals surface area contributed by atoms with Crippen LogP contribution in [-0.4, -0.2) is 6.26 Å². The predicted octanol–water partition coefficient (Wildman–Crippen LogP) is 4.04. The highest BCUT2D eigenvalue weighted by Gasteiger charge is 2.07. The van der Waals surface area contributed by atoms with E-state index in [1.165, 1.54) is 16.3 Å². The van der Waals surface area contributed by atoms with Gasteiger partial charge in [-0.2, -0.15) is 0 Å². The Bertz CT molecular complexity index is 407. The van der Waals surface area contributed by atoms with Crippen LogP contribution in [0.25, 0.3) is 0 Å². The van der Waals surface area contributed by atoms with Crippen LogP contribution in [0, 0.1) is 0 Å². The number of allylic oxidation sites excluding steroid dienone is 3. The van der Waals surface area contributed by atoms with E-state index < -0.39 is 0 Å². The Kier molecular flexibility index (Phi) is 3.17. The third-order valence-electron chi connectivity index (χ3n) is 2.52. The highest BCUT2D eigenvalue weighted by Crippen LogP contribution is 2.26. The molecule has 0 aromatic heterocycles. The smallest absolute Gasteiger partial charge is 0.0463 e. The SMILES string of the molecule is CSc1cccc(N2C=CCC=C2C)c1. The second-order valence-corrected chi connectivity index (χ2v) is 4.42. The van der Waals surface area contributed by atoms with Crippen LogP contribution in [0.4, 0.5) is 5.69 Å². The molecule has 0 saturated carbocycles. The fourth-order valence-corrected chi connectivity index (χ4v) is 2.12. The lowest BCUT2D eigenvalue weighted by Crippen LogP contribution is -2.14. The molecule has 1 aliphatic heterocycles. The van der Waals surface area contributed by atoms with E-state index in [1.54, 1.807) is 11.8 Å². The molecule has 1 aromatic rings. The molecule has 1 nitrogen and oxygen atoms in total. The zero-order valence-electron chi connectivity index (χ0n) is 9.10. The monoisotopic (exact) mass is 217 g/mol. The second-order valence-electron chi connectivity index (χ2n) is 3.54. The van der Waals surface area contributed by atoms with Crippen LogP contribution in [0.2, 0.25) is 0 Å². The van der Waals surface area contributed by atoms with Crippen molar-refractivity contribution < 1.29 is 0 Å². The minimum Gasteiger partial charge on any atom is -0.322 e. The van der Waals surface area contributed by atoms with Crippen LogP contribution < -0.4 is 4.90 Å². The molecule has 1 aromatic carbocycles. The molecule has 0 amide bonds. The third kappa shape index (κ3) is 2.26. The maximum atomic E-state index is 2.24. The van der Waals surface area contributed by atoms with Gasteiger partial charge in [-0.05, 0) is 37.8 Å². The predicted molar refractivity (Wildman–Crippen MR) is 68.2 cm³/mol. The molecule has 78 valence electrons. The highest BCUT2D eigenvalue weighted by molar-refractivity contribution is 7.98. The van der Waals surface area contributed by atoms with Gasteiger partial charge < -0.3 is 4.90 Å². The van der Waals surface area contributed by atoms with Crippen molar-refractivity contribution >= 4 is 17.4 Å². The van der Waals surface area contributed by atoms with Crippen molar-refractivity contribution in [2.45, 2.75) is 18.2 Å². The fourth-order valence-electron chi connectivity index (χ4n) is 1.67. The fraction of sp³-hybridized carbons (Fsp3) is 0.231. The number of thioether (sulfide) groups is 1. The number of hydrogen-bond donors (Lipinski definition) is 0. The van der Waals surface area contributed by atoms with Gasteiger partial charge in [-0.1, -0.05) is 18.2 Å². The maximum absolute atomic E-state index is 2.24. The zero-order chi connectivity index (χ0) is 10.7. The lowest BCUT2D eigenvalue weighted by molar-refractivity contribution is 1.07. The van der Waals surface area contributed by atoms with Gasteiger partial charge in [0.2, 0.25) is 0 Å². The van der Waals surface area contributed by atoms with Crippen molar-refractivity contribution in [1.29, 1.82) is 0 Å². The number of hydrogen-bond acceptors (Lipinski definition) is 2. The molecule has 0 N–H and O–H groups in total. The van der Waals surface area contributed by atoms with Crippen molar-refractivity contribution in [3.8, 4) is 0 Å². The largest absolute Gasteiger partial charge is 0.322 e. The zero-order valence-corrected chi connectivity index (χ0v) is 9.92. The number of anilines is 1. The Morgan fingerprint density at radius 3 is 2.93 bits per heavy atom. The average Bonchev–Trinajstić information content (AvgIpc) is 2.30. The summed E-state index contributed by atoms with van der Waals surface area (Å²) in [5.74, 6) is 0. The molecule has 0 unspecified atom stereocenters. The number of benzene rings is 1. The quantitative estimate of drug-likeness (QED) is 0.688. The summed E-state index contributed by atoms with van der Waals surface area (Å²) in [5, 5.41) is 0. The van der Waals surface area contributed by atoms with Crippen molar-refractivity contribution in [2.75, 3.05) is 11.2 Å². The van der Waals surface area contributed by atoms with Gasteiger partial charge in [0.05, 0.1) is 0 Å². The standard InChI is InChI=1S/C13H15NS/c1-11-6-3-4-9-14(11)12-7-5-8-13(10-12)15-2/h4-10H,3H2,1-2H3. The highest BCUT2D eigenvalue weighted by atomic mass is 32.2. The summed E-state index contributed by atoms with van der Waals surface area (Å²) in [4.78, 5) is 3.53. The Morgan fingerprint density at radius 1 is 1.33 bits per heavy atom. The molecule has 0 saturated heterocycles. The number of rotatable bonds is 2. The molecule has 0 bridgehead atoms. The van der Waals surface area contributed by atoms with E-state index in [0.717, 1.165) is 6.42 Å². The maximum Gasteiger partial charge on any atom is 0.0463 e. The van der Waals surface area contributed by atoms with E-state index in [4.69, 9.17) is 0 Å². The summed E-state index contributed by atoms with van der Waals surface area (Å²) in [6.45, 7) is 2.15. The first kappa shape index (κ1) is 10.4. The van der Waals surface area contributed by atoms with Crippen molar-refractivity contribution in [3.63, 3.8) is 0 Å². The van der Waals surface area contributed by atoms with Crippen LogP contribution in [0.5, 0.6) is 0 Å². The van der Waals surface area contributed by atoms with Gasteiger partial charge in [-0.3, -0.25) is 0 Å². The van der Waals surface area contributed by atoms with Gasteiger partial charge in [-0.15, -0.1) is 11.8 Å². The molecule has 0 aliphatic carbocycles. The first-order valence-electron chi connectivity index (χ1n) is 5.08. The second kappa shape index (κ2) is 4.58. The van der Waals surface area contributed by atoms with Crippen molar-refractivity contribution in [2.24, 2.45) is 0 Å². The molecular formula is C13H15NS. The molecular weight excluding hydrogens is 202 g/mol. The summed E-state index contributed by atoms with van der Waals surface area (Å²) >= 11 is 1.78. The van der Waals surface area contributed by atoms with Crippen LogP contribution >= 0.6 is 11.8 Å². The first-order valence-corrected chi connectivity index (χ1v) is 6.30. The van der Waals surface area contributed by atoms with Crippen LogP contribution in [0.3, 0.4) is 0 Å². The van der Waals surface area contributed by atoms with Gasteiger partial charge in [0.25, 0.3) is 0 Å². The summed E-state index contributed by atoms with van der Waals surface area (Å²) in [5.41, 5.74) is 2.54. The van der Waals surface area contributed by atoms with Crippen LogP contribution in [0.1, 0.15) is 13.3 Å². The summed E-state index contributed by atoms with van der Waals surface area (Å²) in [7, 11) is 0. The molecule has 2 rings (SSSR count). The van der Waals surface area contributed by atoms with Crippen molar-refractivity contribution in [3.05, 3.63) is 48.3 Å². The van der Waals surface area contributed by atoms with Crippen LogP contribution in [0.15, 0.2) is 53.2 Å². The average molecular weight is 217 g/mol. The van der Waals surface area contributed by atoms with E-state index in [9.17, 15) is 0 Å². The van der Waals surface area contributed by atoms with E-state index in [1.807, 2.05) is 0 Å². The minimum atomic E-state index is 1.05. The molecule has 0 atom stereocenters. The molecule has 1 aliphatic rings. The molecule has 15 heavy (non-hydrogen) atoms. The minimum absolute atomic E-state index is 1.05. The third-order valence-corrected chi connectivity index (χ3v) is 3.24. The topological polar surface area (TPSA) is 3.24 Å². The first-order chi connectivity index (χ1) is 7.31. The van der Waals surface area contributed by atoms with Gasteiger partial charge in [-0.25, -0.2) is 0 Å². The van der Waals surface area contributed by atoms with E-state index >= 15 is 0 Å². The van der Waals surface area contributed by atoms with E-state index in [0.29, 0.717) is 0 Å². The number of nitrogens with zero attached hydrogens (tertiary/aromatic N) is 1. The molecule has 0 fully saturated rings. The van der Waals surface area contributed by atoms with Crippen LogP contribution in [-0.2, 0) is 0 Å². The normalized spacial score (nSPS) is 15.3. The van der Waals surface area contributed by atoms with Gasteiger partial charge >= 0.3 is 0 Å². The Hall–Kier alpha value is -1.15. The van der Waals surface area contributed by atoms with Gasteiger partial charge in [0, 0.05) is 22.5 Å². The molecule has 0 spiro atoms. The summed E-state index contributed by atoms with van der Waals surface area (Å²) in [6.07, 6.45) is 9.72. The van der Waals surface area contributed by atoms with E-state index in [2.05, 4.69) is 60.7 Å². The lowest BCUT2D eigenvalue weighted by atomic mass is 10.2. The van der Waals surface area contributed by atoms with Gasteiger partial charge in [0.15, 0.2) is 0 Å². The Morgan fingerprint density at radius 2 is 2.20 bits per heavy atom.